The van der Waals surface area contributed by atoms with Crippen LogP contribution in [0.5, 0.6) is 11.5 Å². The molecule has 0 amide bonds. The second-order valence-corrected chi connectivity index (χ2v) is 17.4. The summed E-state index contributed by atoms with van der Waals surface area (Å²) in [6, 6.07) is 8.32. The van der Waals surface area contributed by atoms with Crippen LogP contribution in [0.1, 0.15) is 174 Å². The summed E-state index contributed by atoms with van der Waals surface area (Å²) >= 11 is 0. The van der Waals surface area contributed by atoms with E-state index in [2.05, 4.69) is 107 Å². The second-order valence-electron chi connectivity index (χ2n) is 17.4. The molecule has 2 rings (SSSR count). The maximum atomic E-state index is 12.7. The Morgan fingerprint density at radius 1 is 0.444 bits per heavy atom. The Bertz CT molecular complexity index is 1130. The van der Waals surface area contributed by atoms with Crippen LogP contribution in [0.4, 0.5) is 0 Å². The predicted molar refractivity (Wildman–Crippen MR) is 190 cm³/mol. The van der Waals surface area contributed by atoms with Crippen LogP contribution in [0.25, 0.3) is 0 Å². The smallest absolute Gasteiger partial charge is 0.133 e. The summed E-state index contributed by atoms with van der Waals surface area (Å²) in [6.45, 7) is 25.4. The number of rotatable bonds is 14. The van der Waals surface area contributed by atoms with Crippen molar-refractivity contribution in [3.05, 3.63) is 57.6 Å². The van der Waals surface area contributed by atoms with Gasteiger partial charge in [-0.05, 0) is 80.7 Å². The lowest BCUT2D eigenvalue weighted by molar-refractivity contribution is -0.119. The lowest BCUT2D eigenvalue weighted by atomic mass is 9.78. The van der Waals surface area contributed by atoms with E-state index in [0.29, 0.717) is 61.6 Å². The van der Waals surface area contributed by atoms with Crippen LogP contribution in [-0.2, 0) is 44.1 Å². The van der Waals surface area contributed by atoms with Gasteiger partial charge in [-0.25, -0.2) is 0 Å². The molecule has 0 atom stereocenters. The molecule has 2 aromatic rings. The van der Waals surface area contributed by atoms with Crippen LogP contribution in [0, 0.1) is 0 Å². The van der Waals surface area contributed by atoms with Gasteiger partial charge in [-0.1, -0.05) is 127 Å². The third-order valence-electron chi connectivity index (χ3n) is 8.87. The van der Waals surface area contributed by atoms with Crippen LogP contribution >= 0.6 is 0 Å². The first-order chi connectivity index (χ1) is 20.5. The van der Waals surface area contributed by atoms with Gasteiger partial charge in [0.15, 0.2) is 0 Å². The molecule has 0 fully saturated rings. The normalized spacial score (nSPS) is 12.9. The summed E-state index contributed by atoms with van der Waals surface area (Å²) in [5.41, 5.74) is 5.33. The number of carbonyl (C=O) groups excluding carboxylic acids is 2. The fourth-order valence-corrected chi connectivity index (χ4v) is 5.96. The van der Waals surface area contributed by atoms with Crippen molar-refractivity contribution in [2.24, 2.45) is 0 Å². The summed E-state index contributed by atoms with van der Waals surface area (Å²) < 4.78 is 0. The number of unbranched alkanes of at least 4 members (excludes halogenated alkanes) is 4. The zero-order valence-electron chi connectivity index (χ0n) is 30.8. The minimum atomic E-state index is -0.173. The molecule has 0 aliphatic carbocycles. The Morgan fingerprint density at radius 2 is 0.689 bits per heavy atom. The second kappa shape index (κ2) is 15.3. The number of ketones is 2. The number of hydrogen-bond donors (Lipinski definition) is 2. The van der Waals surface area contributed by atoms with E-state index in [4.69, 9.17) is 0 Å². The van der Waals surface area contributed by atoms with Gasteiger partial charge in [0, 0.05) is 25.7 Å². The van der Waals surface area contributed by atoms with Crippen LogP contribution in [0.3, 0.4) is 0 Å². The van der Waals surface area contributed by atoms with E-state index in [1.807, 2.05) is 0 Å². The fourth-order valence-electron chi connectivity index (χ4n) is 5.96. The standard InChI is InChI=1S/C41H64O4/c1-38(2,3)32-24-28(25-33(36(32)44)39(4,5)6)20-22-30(42)18-16-14-13-15-17-19-31(43)23-21-29-26-34(40(7,8)9)37(45)35(27-29)41(10,11)12/h24-27,44-45H,13-23H2,1-12H3. The molecule has 0 heterocycles. The molecule has 45 heavy (non-hydrogen) atoms. The molecule has 0 saturated heterocycles. The van der Waals surface area contributed by atoms with Crippen molar-refractivity contribution in [1.29, 1.82) is 0 Å². The molecule has 2 N–H and O–H groups in total. The summed E-state index contributed by atoms with van der Waals surface area (Å²) in [6.07, 6.45) is 8.55. The van der Waals surface area contributed by atoms with E-state index in [1.165, 1.54) is 0 Å². The van der Waals surface area contributed by atoms with Crippen LogP contribution in [0.2, 0.25) is 0 Å². The molecular formula is C41H64O4. The van der Waals surface area contributed by atoms with Gasteiger partial charge in [-0.15, -0.1) is 0 Å². The van der Waals surface area contributed by atoms with E-state index in [0.717, 1.165) is 65.5 Å². The summed E-state index contributed by atoms with van der Waals surface area (Å²) in [5.74, 6) is 1.36. The van der Waals surface area contributed by atoms with Crippen molar-refractivity contribution in [2.75, 3.05) is 0 Å². The SMILES string of the molecule is CC(C)(C)c1cc(CCC(=O)CCCCCCCC(=O)CCc2cc(C(C)(C)C)c(O)c(C(C)(C)C)c2)cc(C(C)(C)C)c1O. The number of benzene rings is 2. The highest BCUT2D eigenvalue weighted by atomic mass is 16.3. The number of carbonyl (C=O) groups is 2. The molecule has 252 valence electrons. The molecule has 0 aromatic heterocycles. The van der Waals surface area contributed by atoms with Gasteiger partial charge in [0.25, 0.3) is 0 Å². The van der Waals surface area contributed by atoms with E-state index in [1.54, 1.807) is 0 Å². The first-order valence-electron chi connectivity index (χ1n) is 17.3. The van der Waals surface area contributed by atoms with Gasteiger partial charge in [0.2, 0.25) is 0 Å². The van der Waals surface area contributed by atoms with Crippen molar-refractivity contribution in [2.45, 2.75) is 175 Å². The van der Waals surface area contributed by atoms with E-state index < -0.39 is 0 Å². The number of phenols is 2. The molecule has 0 spiro atoms. The molecular weight excluding hydrogens is 556 g/mol. The van der Waals surface area contributed by atoms with Crippen molar-refractivity contribution in [1.82, 2.24) is 0 Å². The van der Waals surface area contributed by atoms with E-state index in [-0.39, 0.29) is 21.7 Å². The molecule has 0 unspecified atom stereocenters. The zero-order valence-corrected chi connectivity index (χ0v) is 30.8. The van der Waals surface area contributed by atoms with Crippen molar-refractivity contribution in [3.8, 4) is 11.5 Å². The predicted octanol–water partition coefficient (Wildman–Crippen LogP) is 10.7. The first-order valence-corrected chi connectivity index (χ1v) is 17.3. The highest BCUT2D eigenvalue weighted by Crippen LogP contribution is 2.41. The topological polar surface area (TPSA) is 74.6 Å². The van der Waals surface area contributed by atoms with Gasteiger partial charge in [-0.3, -0.25) is 9.59 Å². The summed E-state index contributed by atoms with van der Waals surface area (Å²) in [4.78, 5) is 25.4. The molecule has 4 heteroatoms. The van der Waals surface area contributed by atoms with Gasteiger partial charge >= 0.3 is 0 Å². The minimum absolute atomic E-state index is 0.173. The largest absolute Gasteiger partial charge is 0.507 e. The molecule has 0 saturated carbocycles. The van der Waals surface area contributed by atoms with Crippen LogP contribution in [0.15, 0.2) is 24.3 Å². The fraction of sp³-hybridized carbons (Fsp3) is 0.659. The molecule has 4 nitrogen and oxygen atoms in total. The lowest BCUT2D eigenvalue weighted by Crippen LogP contribution is -2.18. The molecule has 0 aliphatic rings. The molecule has 0 radical (unpaired) electrons. The van der Waals surface area contributed by atoms with Gasteiger partial charge in [0.1, 0.15) is 23.1 Å². The van der Waals surface area contributed by atoms with Gasteiger partial charge in [0.05, 0.1) is 0 Å². The highest BCUT2D eigenvalue weighted by Gasteiger charge is 2.28. The Balaban J connectivity index is 1.75. The number of aryl methyl sites for hydroxylation is 2. The lowest BCUT2D eigenvalue weighted by Gasteiger charge is -2.28. The average Bonchev–Trinajstić information content (AvgIpc) is 2.88. The third-order valence-corrected chi connectivity index (χ3v) is 8.87. The Morgan fingerprint density at radius 3 is 0.933 bits per heavy atom. The quantitative estimate of drug-likeness (QED) is 0.206. The maximum Gasteiger partial charge on any atom is 0.133 e. The number of hydrogen-bond acceptors (Lipinski definition) is 4. The molecule has 2 aromatic carbocycles. The molecule has 0 bridgehead atoms. The van der Waals surface area contributed by atoms with Crippen molar-refractivity contribution in [3.63, 3.8) is 0 Å². The van der Waals surface area contributed by atoms with Crippen molar-refractivity contribution < 1.29 is 19.8 Å². The van der Waals surface area contributed by atoms with E-state index >= 15 is 0 Å². The van der Waals surface area contributed by atoms with Gasteiger partial charge < -0.3 is 10.2 Å². The zero-order chi connectivity index (χ0) is 34.4. The monoisotopic (exact) mass is 620 g/mol. The van der Waals surface area contributed by atoms with Gasteiger partial charge in [-0.2, -0.15) is 0 Å². The Kier molecular flexibility index (Phi) is 13.1. The number of Topliss-reactive ketones (excluding diaryl/α,β-unsaturated/α-hetero) is 2. The Labute approximate surface area is 275 Å². The van der Waals surface area contributed by atoms with E-state index in [9.17, 15) is 19.8 Å². The van der Waals surface area contributed by atoms with Crippen LogP contribution in [-0.4, -0.2) is 21.8 Å². The first kappa shape index (κ1) is 38.6. The number of aromatic hydroxyl groups is 2. The van der Waals surface area contributed by atoms with Crippen LogP contribution < -0.4 is 0 Å². The third kappa shape index (κ3) is 11.9. The highest BCUT2D eigenvalue weighted by molar-refractivity contribution is 5.79. The summed E-state index contributed by atoms with van der Waals surface area (Å²) in [7, 11) is 0. The maximum absolute atomic E-state index is 12.7. The van der Waals surface area contributed by atoms with Crippen molar-refractivity contribution >= 4 is 11.6 Å². The summed E-state index contributed by atoms with van der Waals surface area (Å²) in [5, 5.41) is 21.9. The Hall–Kier alpha value is -2.62. The average molecular weight is 621 g/mol. The minimum Gasteiger partial charge on any atom is -0.507 e. The number of phenolic OH excluding ortho intramolecular Hbond substituents is 2. The molecule has 0 aliphatic heterocycles.